The molecular formula is C23H27ClN2O4. The molecule has 0 bridgehead atoms. The zero-order valence-corrected chi connectivity index (χ0v) is 17.5. The first kappa shape index (κ1) is 21.0. The number of hydrogen-bond acceptors (Lipinski definition) is 5. The Balaban J connectivity index is 1.34. The average molecular weight is 431 g/mol. The zero-order valence-electron chi connectivity index (χ0n) is 16.7. The second-order valence-corrected chi connectivity index (χ2v) is 8.46. The Hall–Kier alpha value is -2.28. The molecule has 160 valence electrons. The number of halogens is 1. The number of rotatable bonds is 7. The molecule has 2 aromatic carbocycles. The van der Waals surface area contributed by atoms with Gasteiger partial charge in [0.15, 0.2) is 0 Å². The molecule has 2 fully saturated rings. The second kappa shape index (κ2) is 9.25. The molecule has 0 aromatic heterocycles. The van der Waals surface area contributed by atoms with Gasteiger partial charge in [-0.2, -0.15) is 0 Å². The smallest absolute Gasteiger partial charge is 0.221 e. The Morgan fingerprint density at radius 2 is 1.87 bits per heavy atom. The maximum atomic E-state index is 11.3. The summed E-state index contributed by atoms with van der Waals surface area (Å²) in [6.45, 7) is 1.65. The Labute approximate surface area is 181 Å². The molecule has 4 rings (SSSR count). The van der Waals surface area contributed by atoms with Gasteiger partial charge >= 0.3 is 0 Å². The molecule has 2 aromatic rings. The minimum atomic E-state index is -0.596. The molecule has 7 heteroatoms. The summed E-state index contributed by atoms with van der Waals surface area (Å²) in [7, 11) is 0. The first-order chi connectivity index (χ1) is 14.5. The lowest BCUT2D eigenvalue weighted by atomic mass is 10.1. The summed E-state index contributed by atoms with van der Waals surface area (Å²) in [4.78, 5) is 13.6. The summed E-state index contributed by atoms with van der Waals surface area (Å²) < 4.78 is 12.2. The minimum Gasteiger partial charge on any atom is -0.489 e. The summed E-state index contributed by atoms with van der Waals surface area (Å²) in [5.41, 5.74) is 6.09. The number of ether oxygens (including phenoxy) is 2. The zero-order chi connectivity index (χ0) is 21.1. The van der Waals surface area contributed by atoms with Gasteiger partial charge in [0, 0.05) is 29.7 Å². The largest absolute Gasteiger partial charge is 0.489 e. The van der Waals surface area contributed by atoms with E-state index in [0.717, 1.165) is 43.7 Å². The van der Waals surface area contributed by atoms with E-state index in [2.05, 4.69) is 4.90 Å². The maximum absolute atomic E-state index is 11.3. The van der Waals surface area contributed by atoms with Crippen LogP contribution in [0.5, 0.6) is 11.5 Å². The Kier molecular flexibility index (Phi) is 6.46. The number of amides is 1. The molecule has 30 heavy (non-hydrogen) atoms. The van der Waals surface area contributed by atoms with E-state index in [0.29, 0.717) is 10.8 Å². The SMILES string of the molecule is NC(=O)Cc1ccccc1O[C@H]1CC[C@H](N2CC[C@H](Oc3ccc(Cl)cc3)C2)[C@H]1O. The van der Waals surface area contributed by atoms with Crippen molar-refractivity contribution >= 4 is 17.5 Å². The van der Waals surface area contributed by atoms with Crippen LogP contribution in [0.25, 0.3) is 0 Å². The first-order valence-electron chi connectivity index (χ1n) is 10.4. The monoisotopic (exact) mass is 430 g/mol. The van der Waals surface area contributed by atoms with Crippen LogP contribution in [0.3, 0.4) is 0 Å². The van der Waals surface area contributed by atoms with E-state index in [1.807, 2.05) is 48.5 Å². The number of nitrogens with two attached hydrogens (primary N) is 1. The van der Waals surface area contributed by atoms with Crippen molar-refractivity contribution in [2.45, 2.75) is 50.0 Å². The van der Waals surface area contributed by atoms with Crippen molar-refractivity contribution in [3.63, 3.8) is 0 Å². The normalized spacial score (nSPS) is 26.6. The fourth-order valence-electron chi connectivity index (χ4n) is 4.42. The van der Waals surface area contributed by atoms with Gasteiger partial charge in [-0.1, -0.05) is 29.8 Å². The number of carbonyl (C=O) groups excluding carboxylic acids is 1. The van der Waals surface area contributed by atoms with Crippen LogP contribution in [0.2, 0.25) is 5.02 Å². The number of carbonyl (C=O) groups is 1. The van der Waals surface area contributed by atoms with E-state index in [1.54, 1.807) is 0 Å². The number of hydrogen-bond donors (Lipinski definition) is 2. The highest BCUT2D eigenvalue weighted by Crippen LogP contribution is 2.32. The number of para-hydroxylation sites is 1. The molecule has 1 saturated carbocycles. The minimum absolute atomic E-state index is 0.0390. The molecule has 0 radical (unpaired) electrons. The highest BCUT2D eigenvalue weighted by molar-refractivity contribution is 6.30. The average Bonchev–Trinajstić information content (AvgIpc) is 3.32. The van der Waals surface area contributed by atoms with Gasteiger partial charge in [0.2, 0.25) is 5.91 Å². The Bertz CT molecular complexity index is 876. The number of aliphatic hydroxyl groups is 1. The van der Waals surface area contributed by atoms with Crippen molar-refractivity contribution in [1.29, 1.82) is 0 Å². The number of benzene rings is 2. The van der Waals surface area contributed by atoms with E-state index < -0.39 is 12.0 Å². The standard InChI is InChI=1S/C23H27ClN2O4/c24-16-5-7-17(8-6-16)29-18-11-12-26(14-18)19-9-10-21(23(19)28)30-20-4-2-1-3-15(20)13-22(25)27/h1-8,18-19,21,23,28H,9-14H2,(H2,25,27)/t18-,19-,21-,23+/m0/s1. The van der Waals surface area contributed by atoms with Gasteiger partial charge in [0.25, 0.3) is 0 Å². The first-order valence-corrected chi connectivity index (χ1v) is 10.7. The van der Waals surface area contributed by atoms with E-state index >= 15 is 0 Å². The van der Waals surface area contributed by atoms with Crippen LogP contribution in [0.4, 0.5) is 0 Å². The van der Waals surface area contributed by atoms with Gasteiger partial charge in [-0.25, -0.2) is 0 Å². The topological polar surface area (TPSA) is 85.0 Å². The van der Waals surface area contributed by atoms with Crippen LogP contribution in [0, 0.1) is 0 Å². The van der Waals surface area contributed by atoms with Gasteiger partial charge in [0.1, 0.15) is 29.8 Å². The van der Waals surface area contributed by atoms with Crippen LogP contribution in [-0.2, 0) is 11.2 Å². The van der Waals surface area contributed by atoms with Crippen molar-refractivity contribution in [3.05, 3.63) is 59.1 Å². The van der Waals surface area contributed by atoms with Crippen molar-refractivity contribution in [1.82, 2.24) is 4.90 Å². The fourth-order valence-corrected chi connectivity index (χ4v) is 4.55. The molecule has 1 aliphatic heterocycles. The molecule has 4 atom stereocenters. The van der Waals surface area contributed by atoms with Gasteiger partial charge in [-0.3, -0.25) is 9.69 Å². The third-order valence-electron chi connectivity index (χ3n) is 5.90. The third-order valence-corrected chi connectivity index (χ3v) is 6.15. The van der Waals surface area contributed by atoms with Gasteiger partial charge in [0.05, 0.1) is 6.42 Å². The number of aliphatic hydroxyl groups excluding tert-OH is 1. The van der Waals surface area contributed by atoms with E-state index in [1.165, 1.54) is 0 Å². The van der Waals surface area contributed by atoms with Gasteiger partial charge in [-0.05, 0) is 49.6 Å². The summed E-state index contributed by atoms with van der Waals surface area (Å²) >= 11 is 5.93. The molecule has 6 nitrogen and oxygen atoms in total. The van der Waals surface area contributed by atoms with E-state index in [4.69, 9.17) is 26.8 Å². The van der Waals surface area contributed by atoms with E-state index in [-0.39, 0.29) is 24.7 Å². The molecule has 2 aliphatic rings. The predicted octanol–water partition coefficient (Wildman–Crippen LogP) is 2.79. The summed E-state index contributed by atoms with van der Waals surface area (Å²) in [5.74, 6) is 1.02. The van der Waals surface area contributed by atoms with Crippen LogP contribution in [0.15, 0.2) is 48.5 Å². The lowest BCUT2D eigenvalue weighted by Crippen LogP contribution is -2.44. The molecule has 1 heterocycles. The number of likely N-dealkylation sites (tertiary alicyclic amines) is 1. The lowest BCUT2D eigenvalue weighted by molar-refractivity contribution is -0.117. The van der Waals surface area contributed by atoms with Crippen LogP contribution >= 0.6 is 11.6 Å². The number of primary amides is 1. The third kappa shape index (κ3) is 4.89. The molecule has 1 amide bonds. The molecule has 1 aliphatic carbocycles. The highest BCUT2D eigenvalue weighted by Gasteiger charge is 2.42. The predicted molar refractivity (Wildman–Crippen MR) is 115 cm³/mol. The van der Waals surface area contributed by atoms with Crippen molar-refractivity contribution in [2.24, 2.45) is 5.73 Å². The highest BCUT2D eigenvalue weighted by atomic mass is 35.5. The quantitative estimate of drug-likeness (QED) is 0.705. The Morgan fingerprint density at radius 1 is 1.10 bits per heavy atom. The summed E-state index contributed by atoms with van der Waals surface area (Å²) in [6.07, 6.45) is 1.85. The molecule has 0 unspecified atom stereocenters. The molecular weight excluding hydrogens is 404 g/mol. The van der Waals surface area contributed by atoms with Crippen molar-refractivity contribution < 1.29 is 19.4 Å². The lowest BCUT2D eigenvalue weighted by Gasteiger charge is -2.28. The van der Waals surface area contributed by atoms with Crippen molar-refractivity contribution in [2.75, 3.05) is 13.1 Å². The van der Waals surface area contributed by atoms with Crippen LogP contribution in [0.1, 0.15) is 24.8 Å². The van der Waals surface area contributed by atoms with Crippen LogP contribution in [-0.4, -0.2) is 53.4 Å². The van der Waals surface area contributed by atoms with E-state index in [9.17, 15) is 9.90 Å². The summed E-state index contributed by atoms with van der Waals surface area (Å²) in [5, 5.41) is 11.6. The molecule has 0 spiro atoms. The number of nitrogens with zero attached hydrogens (tertiary/aromatic N) is 1. The molecule has 3 N–H and O–H groups in total. The Morgan fingerprint density at radius 3 is 2.63 bits per heavy atom. The van der Waals surface area contributed by atoms with Gasteiger partial charge in [-0.15, -0.1) is 0 Å². The maximum Gasteiger partial charge on any atom is 0.221 e. The second-order valence-electron chi connectivity index (χ2n) is 8.02. The van der Waals surface area contributed by atoms with Crippen molar-refractivity contribution in [3.8, 4) is 11.5 Å². The summed E-state index contributed by atoms with van der Waals surface area (Å²) in [6, 6.07) is 14.8. The molecule has 1 saturated heterocycles. The fraction of sp³-hybridized carbons (Fsp3) is 0.435. The van der Waals surface area contributed by atoms with Gasteiger partial charge < -0.3 is 20.3 Å². The van der Waals surface area contributed by atoms with Crippen LogP contribution < -0.4 is 15.2 Å².